The number of aliphatic hydroxyl groups excluding tert-OH is 1. The molecule has 0 aliphatic heterocycles. The number of methoxy groups -OCH3 is 1. The lowest BCUT2D eigenvalue weighted by Gasteiger charge is -2.18. The Labute approximate surface area is 154 Å². The number of hydrogen-bond acceptors (Lipinski definition) is 3. The summed E-state index contributed by atoms with van der Waals surface area (Å²) in [5.41, 5.74) is 0.684. The van der Waals surface area contributed by atoms with Crippen LogP contribution < -0.4 is 10.6 Å². The van der Waals surface area contributed by atoms with Crippen LogP contribution in [-0.4, -0.2) is 43.9 Å². The number of rotatable bonds is 7. The maximum absolute atomic E-state index is 10.2. The van der Waals surface area contributed by atoms with Gasteiger partial charge in [-0.1, -0.05) is 29.8 Å². The molecule has 0 aliphatic rings. The van der Waals surface area contributed by atoms with Crippen molar-refractivity contribution in [2.24, 2.45) is 4.99 Å². The van der Waals surface area contributed by atoms with Crippen LogP contribution in [0.3, 0.4) is 0 Å². The van der Waals surface area contributed by atoms with E-state index in [-0.39, 0.29) is 36.6 Å². The Morgan fingerprint density at radius 2 is 2.09 bits per heavy atom. The highest BCUT2D eigenvalue weighted by atomic mass is 127. The van der Waals surface area contributed by atoms with E-state index in [9.17, 15) is 5.11 Å². The minimum atomic E-state index is -0.730. The molecular formula is C15H25ClIN3O2. The van der Waals surface area contributed by atoms with E-state index in [1.807, 2.05) is 26.0 Å². The summed E-state index contributed by atoms with van der Waals surface area (Å²) >= 11 is 6.06. The fraction of sp³-hybridized carbons (Fsp3) is 0.533. The summed E-state index contributed by atoms with van der Waals surface area (Å²) in [5, 5.41) is 17.1. The van der Waals surface area contributed by atoms with Crippen molar-refractivity contribution >= 4 is 41.5 Å². The molecule has 126 valence electrons. The Morgan fingerprint density at radius 3 is 2.68 bits per heavy atom. The molecular weight excluding hydrogens is 417 g/mol. The molecule has 0 saturated carbocycles. The lowest BCUT2D eigenvalue weighted by atomic mass is 10.1. The van der Waals surface area contributed by atoms with Crippen molar-refractivity contribution in [3.05, 3.63) is 34.9 Å². The van der Waals surface area contributed by atoms with Gasteiger partial charge in [-0.2, -0.15) is 0 Å². The number of aliphatic hydroxyl groups is 1. The summed E-state index contributed by atoms with van der Waals surface area (Å²) in [5.74, 6) is 0.646. The molecule has 0 aliphatic carbocycles. The second-order valence-electron chi connectivity index (χ2n) is 4.76. The summed E-state index contributed by atoms with van der Waals surface area (Å²) in [6, 6.07) is 7.37. The molecule has 0 fully saturated rings. The highest BCUT2D eigenvalue weighted by Gasteiger charge is 2.11. The third kappa shape index (κ3) is 7.62. The van der Waals surface area contributed by atoms with Crippen LogP contribution >= 0.6 is 35.6 Å². The van der Waals surface area contributed by atoms with E-state index in [0.717, 1.165) is 6.54 Å². The van der Waals surface area contributed by atoms with E-state index >= 15 is 0 Å². The van der Waals surface area contributed by atoms with Gasteiger partial charge in [-0.05, 0) is 19.9 Å². The van der Waals surface area contributed by atoms with Crippen LogP contribution in [0.4, 0.5) is 0 Å². The average Bonchev–Trinajstić information content (AvgIpc) is 2.45. The van der Waals surface area contributed by atoms with E-state index in [1.165, 1.54) is 0 Å². The zero-order valence-corrected chi connectivity index (χ0v) is 16.3. The van der Waals surface area contributed by atoms with Gasteiger partial charge in [0.25, 0.3) is 0 Å². The van der Waals surface area contributed by atoms with Crippen molar-refractivity contribution in [2.75, 3.05) is 26.8 Å². The molecule has 0 spiro atoms. The molecule has 2 unspecified atom stereocenters. The number of benzene rings is 1. The predicted octanol–water partition coefficient (Wildman–Crippen LogP) is 2.58. The van der Waals surface area contributed by atoms with Gasteiger partial charge in [-0.15, -0.1) is 24.0 Å². The first-order valence-electron chi connectivity index (χ1n) is 7.04. The summed E-state index contributed by atoms with van der Waals surface area (Å²) in [6.45, 7) is 5.55. The van der Waals surface area contributed by atoms with E-state index in [2.05, 4.69) is 15.6 Å². The highest BCUT2D eigenvalue weighted by Crippen LogP contribution is 2.22. The summed E-state index contributed by atoms with van der Waals surface area (Å²) in [4.78, 5) is 4.38. The second-order valence-corrected chi connectivity index (χ2v) is 5.16. The number of hydrogen-bond donors (Lipinski definition) is 3. The Morgan fingerprint density at radius 1 is 1.41 bits per heavy atom. The van der Waals surface area contributed by atoms with Crippen LogP contribution in [0.1, 0.15) is 25.5 Å². The number of nitrogens with zero attached hydrogens (tertiary/aromatic N) is 1. The number of nitrogens with one attached hydrogen (secondary N) is 2. The van der Waals surface area contributed by atoms with Gasteiger partial charge in [0.05, 0.1) is 13.2 Å². The number of halogens is 2. The van der Waals surface area contributed by atoms with Crippen LogP contribution in [0.5, 0.6) is 0 Å². The molecule has 0 heterocycles. The third-order valence-electron chi connectivity index (χ3n) is 2.83. The summed E-state index contributed by atoms with van der Waals surface area (Å²) in [6.07, 6.45) is -0.730. The van der Waals surface area contributed by atoms with Gasteiger partial charge in [-0.25, -0.2) is 0 Å². The molecule has 2 atom stereocenters. The summed E-state index contributed by atoms with van der Waals surface area (Å²) in [7, 11) is 1.66. The van der Waals surface area contributed by atoms with Crippen molar-refractivity contribution in [3.8, 4) is 0 Å². The standard InChI is InChI=1S/C15H24ClN3O2.HI/c1-4-17-15(19-11(2)10-21-3)18-9-14(20)12-7-5-6-8-13(12)16;/h5-8,11,14,20H,4,9-10H2,1-3H3,(H2,17,18,19);1H. The second kappa shape index (κ2) is 11.9. The van der Waals surface area contributed by atoms with Gasteiger partial charge >= 0.3 is 0 Å². The SMILES string of the molecule is CCNC(=NCC(O)c1ccccc1Cl)NC(C)COC.I. The third-order valence-corrected chi connectivity index (χ3v) is 3.17. The van der Waals surface area contributed by atoms with Crippen molar-refractivity contribution in [3.63, 3.8) is 0 Å². The van der Waals surface area contributed by atoms with Crippen molar-refractivity contribution in [1.82, 2.24) is 10.6 Å². The molecule has 1 aromatic carbocycles. The van der Waals surface area contributed by atoms with Gasteiger partial charge in [0, 0.05) is 30.3 Å². The largest absolute Gasteiger partial charge is 0.386 e. The van der Waals surface area contributed by atoms with E-state index in [1.54, 1.807) is 19.2 Å². The normalized spacial score (nSPS) is 14.0. The smallest absolute Gasteiger partial charge is 0.191 e. The molecule has 0 bridgehead atoms. The van der Waals surface area contributed by atoms with Gasteiger partial charge in [0.1, 0.15) is 6.10 Å². The first-order valence-corrected chi connectivity index (χ1v) is 7.42. The molecule has 3 N–H and O–H groups in total. The molecule has 1 aromatic rings. The molecule has 0 amide bonds. The molecule has 5 nitrogen and oxygen atoms in total. The van der Waals surface area contributed by atoms with Crippen LogP contribution in [-0.2, 0) is 4.74 Å². The zero-order valence-electron chi connectivity index (χ0n) is 13.2. The van der Waals surface area contributed by atoms with Crippen molar-refractivity contribution < 1.29 is 9.84 Å². The Bertz CT molecular complexity index is 460. The molecule has 7 heteroatoms. The topological polar surface area (TPSA) is 65.9 Å². The van der Waals surface area contributed by atoms with Gasteiger partial charge < -0.3 is 20.5 Å². The minimum Gasteiger partial charge on any atom is -0.386 e. The Balaban J connectivity index is 0.00000441. The lowest BCUT2D eigenvalue weighted by molar-refractivity contribution is 0.178. The monoisotopic (exact) mass is 441 g/mol. The first-order chi connectivity index (χ1) is 10.1. The van der Waals surface area contributed by atoms with Crippen molar-refractivity contribution in [2.45, 2.75) is 26.0 Å². The van der Waals surface area contributed by atoms with Gasteiger partial charge in [-0.3, -0.25) is 4.99 Å². The van der Waals surface area contributed by atoms with Crippen LogP contribution in [0.15, 0.2) is 29.3 Å². The fourth-order valence-electron chi connectivity index (χ4n) is 1.87. The van der Waals surface area contributed by atoms with Crippen LogP contribution in [0.2, 0.25) is 5.02 Å². The van der Waals surface area contributed by atoms with Gasteiger partial charge in [0.15, 0.2) is 5.96 Å². The Hall–Kier alpha value is -0.570. The van der Waals surface area contributed by atoms with E-state index in [0.29, 0.717) is 23.2 Å². The fourth-order valence-corrected chi connectivity index (χ4v) is 2.13. The highest BCUT2D eigenvalue weighted by molar-refractivity contribution is 14.0. The maximum Gasteiger partial charge on any atom is 0.191 e. The zero-order chi connectivity index (χ0) is 15.7. The van der Waals surface area contributed by atoms with E-state index < -0.39 is 6.10 Å². The molecule has 0 aromatic heterocycles. The average molecular weight is 442 g/mol. The minimum absolute atomic E-state index is 0. The molecule has 0 radical (unpaired) electrons. The lowest BCUT2D eigenvalue weighted by Crippen LogP contribution is -2.44. The maximum atomic E-state index is 10.2. The number of ether oxygens (including phenoxy) is 1. The van der Waals surface area contributed by atoms with Crippen molar-refractivity contribution in [1.29, 1.82) is 0 Å². The van der Waals surface area contributed by atoms with E-state index in [4.69, 9.17) is 16.3 Å². The molecule has 22 heavy (non-hydrogen) atoms. The van der Waals surface area contributed by atoms with Gasteiger partial charge in [0.2, 0.25) is 0 Å². The van der Waals surface area contributed by atoms with Crippen LogP contribution in [0, 0.1) is 0 Å². The summed E-state index contributed by atoms with van der Waals surface area (Å²) < 4.78 is 5.08. The van der Waals surface area contributed by atoms with Crippen LogP contribution in [0.25, 0.3) is 0 Å². The first kappa shape index (κ1) is 21.4. The number of aliphatic imine (C=N–C) groups is 1. The molecule has 1 rings (SSSR count). The quantitative estimate of drug-likeness (QED) is 0.346. The predicted molar refractivity (Wildman–Crippen MR) is 102 cm³/mol. The molecule has 0 saturated heterocycles. The Kier molecular flexibility index (Phi) is 11.6. The number of guanidine groups is 1.